The predicted molar refractivity (Wildman–Crippen MR) is 109 cm³/mol. The molecule has 0 amide bonds. The fraction of sp³-hybridized carbons (Fsp3) is 0.545. The first-order chi connectivity index (χ1) is 13.1. The minimum Gasteiger partial charge on any atom is -0.407 e. The van der Waals surface area contributed by atoms with Gasteiger partial charge in [0, 0.05) is 0 Å². The summed E-state index contributed by atoms with van der Waals surface area (Å²) in [5.41, 5.74) is 3.80. The van der Waals surface area contributed by atoms with Crippen molar-refractivity contribution in [2.45, 2.75) is 61.1 Å². The monoisotopic (exact) mass is 386 g/mol. The molecule has 0 fully saturated rings. The summed E-state index contributed by atoms with van der Waals surface area (Å²) in [6.07, 6.45) is 0.790. The highest BCUT2D eigenvalue weighted by Gasteiger charge is 2.31. The van der Waals surface area contributed by atoms with E-state index in [1.54, 1.807) is 9.36 Å². The van der Waals surface area contributed by atoms with Crippen molar-refractivity contribution in [3.63, 3.8) is 0 Å². The molecule has 2 aromatic rings. The summed E-state index contributed by atoms with van der Waals surface area (Å²) < 4.78 is 14.8. The van der Waals surface area contributed by atoms with Crippen LogP contribution in [0.3, 0.4) is 0 Å². The number of aromatic nitrogens is 2. The highest BCUT2D eigenvalue weighted by atomic mass is 16.5. The van der Waals surface area contributed by atoms with Gasteiger partial charge >= 0.3 is 5.97 Å². The third kappa shape index (κ3) is 3.65. The minimum atomic E-state index is -0.674. The van der Waals surface area contributed by atoms with Crippen LogP contribution in [-0.4, -0.2) is 28.5 Å². The molecule has 1 aliphatic heterocycles. The number of hydrogen-bond acceptors (Lipinski definition) is 4. The maximum Gasteiger partial charge on any atom is 0.317 e. The molecule has 0 unspecified atom stereocenters. The van der Waals surface area contributed by atoms with Gasteiger partial charge in [-0.15, -0.1) is 0 Å². The van der Waals surface area contributed by atoms with Crippen molar-refractivity contribution in [1.29, 1.82) is 0 Å². The van der Waals surface area contributed by atoms with Crippen LogP contribution in [-0.2, 0) is 29.0 Å². The Hall–Kier alpha value is -2.34. The Morgan fingerprint density at radius 2 is 1.75 bits per heavy atom. The van der Waals surface area contributed by atoms with Crippen molar-refractivity contribution in [3.8, 4) is 17.0 Å². The first-order valence-corrected chi connectivity index (χ1v) is 9.89. The lowest BCUT2D eigenvalue weighted by atomic mass is 9.93. The molecule has 1 aromatic heterocycles. The Kier molecular flexibility index (Phi) is 5.53. The van der Waals surface area contributed by atoms with Gasteiger partial charge in [0.25, 0.3) is 5.56 Å². The summed E-state index contributed by atoms with van der Waals surface area (Å²) in [4.78, 5) is 26.1. The van der Waals surface area contributed by atoms with Gasteiger partial charge in [0.1, 0.15) is 5.56 Å². The number of carbonyl (C=O) groups excluding carboxylic acids is 1. The fourth-order valence-electron chi connectivity index (χ4n) is 3.67. The van der Waals surface area contributed by atoms with E-state index in [1.165, 1.54) is 0 Å². The van der Waals surface area contributed by atoms with Crippen LogP contribution in [0.4, 0.5) is 0 Å². The largest absolute Gasteiger partial charge is 0.407 e. The third-order valence-corrected chi connectivity index (χ3v) is 5.08. The maximum absolute atomic E-state index is 13.4. The van der Waals surface area contributed by atoms with Crippen LogP contribution in [0.15, 0.2) is 16.9 Å². The van der Waals surface area contributed by atoms with Crippen molar-refractivity contribution >= 4 is 5.97 Å². The quantitative estimate of drug-likeness (QED) is 0.758. The van der Waals surface area contributed by atoms with Crippen LogP contribution in [0.2, 0.25) is 0 Å². The van der Waals surface area contributed by atoms with E-state index in [4.69, 9.17) is 9.47 Å². The summed E-state index contributed by atoms with van der Waals surface area (Å²) in [5, 5.41) is 0. The molecule has 0 atom stereocenters. The molecule has 6 nitrogen and oxygen atoms in total. The number of nitrogens with zero attached hydrogens (tertiary/aromatic N) is 2. The van der Waals surface area contributed by atoms with E-state index in [9.17, 15) is 9.59 Å². The Balaban J connectivity index is 2.30. The van der Waals surface area contributed by atoms with Crippen LogP contribution < -0.4 is 10.3 Å². The maximum atomic E-state index is 13.4. The number of fused-ring (bicyclic) bond motifs is 1. The average Bonchev–Trinajstić information content (AvgIpc) is 2.78. The molecule has 1 aromatic carbocycles. The first kappa shape index (κ1) is 20.4. The molecule has 152 valence electrons. The molecule has 2 heterocycles. The number of aryl methyl sites for hydroxylation is 3. The molecule has 0 saturated heterocycles. The first-order valence-electron chi connectivity index (χ1n) is 9.89. The lowest BCUT2D eigenvalue weighted by Gasteiger charge is -2.19. The van der Waals surface area contributed by atoms with Crippen LogP contribution >= 0.6 is 0 Å². The summed E-state index contributed by atoms with van der Waals surface area (Å²) >= 11 is 0. The Bertz CT molecular complexity index is 960. The molecule has 6 heteroatoms. The van der Waals surface area contributed by atoms with Gasteiger partial charge in [0.05, 0.1) is 31.7 Å². The molecule has 0 radical (unpaired) electrons. The van der Waals surface area contributed by atoms with E-state index in [-0.39, 0.29) is 11.5 Å². The molecule has 0 saturated carbocycles. The Morgan fingerprint density at radius 3 is 2.36 bits per heavy atom. The molecule has 0 spiro atoms. The fourth-order valence-corrected chi connectivity index (χ4v) is 3.67. The SMILES string of the molecule is CCc1cc(C)cc(C)c1-c1c(OC(=O)C(C)(C)C)n2n(c1=O)CCOCC2. The molecule has 0 aliphatic carbocycles. The van der Waals surface area contributed by atoms with Gasteiger partial charge in [-0.3, -0.25) is 9.59 Å². The van der Waals surface area contributed by atoms with E-state index in [1.807, 2.05) is 27.7 Å². The summed E-state index contributed by atoms with van der Waals surface area (Å²) in [6, 6.07) is 4.17. The topological polar surface area (TPSA) is 62.5 Å². The van der Waals surface area contributed by atoms with Gasteiger partial charge in [-0.1, -0.05) is 24.6 Å². The average molecular weight is 386 g/mol. The molecular weight excluding hydrogens is 356 g/mol. The summed E-state index contributed by atoms with van der Waals surface area (Å²) in [6.45, 7) is 13.4. The number of hydrogen-bond donors (Lipinski definition) is 0. The van der Waals surface area contributed by atoms with Gasteiger partial charge in [0.15, 0.2) is 0 Å². The van der Waals surface area contributed by atoms with Crippen LogP contribution in [0.25, 0.3) is 11.1 Å². The van der Waals surface area contributed by atoms with Gasteiger partial charge < -0.3 is 9.47 Å². The standard InChI is InChI=1S/C22H30N2O4/c1-7-16-13-14(2)12-15(3)17(16)18-19(25)23-8-10-27-11-9-24(23)20(18)28-21(26)22(4,5)6/h12-13H,7-11H2,1-6H3. The third-order valence-electron chi connectivity index (χ3n) is 5.08. The smallest absolute Gasteiger partial charge is 0.317 e. The molecule has 1 aliphatic rings. The van der Waals surface area contributed by atoms with Gasteiger partial charge in [-0.25, -0.2) is 9.36 Å². The van der Waals surface area contributed by atoms with Crippen molar-refractivity contribution in [2.24, 2.45) is 5.41 Å². The lowest BCUT2D eigenvalue weighted by Crippen LogP contribution is -2.27. The van der Waals surface area contributed by atoms with Crippen molar-refractivity contribution in [1.82, 2.24) is 9.36 Å². The zero-order valence-electron chi connectivity index (χ0n) is 17.7. The second-order valence-corrected chi connectivity index (χ2v) is 8.45. The van der Waals surface area contributed by atoms with E-state index in [2.05, 4.69) is 26.0 Å². The normalized spacial score (nSPS) is 14.5. The molecule has 28 heavy (non-hydrogen) atoms. The minimum absolute atomic E-state index is 0.135. The zero-order chi connectivity index (χ0) is 20.6. The second kappa shape index (κ2) is 7.59. The zero-order valence-corrected chi connectivity index (χ0v) is 17.7. The van der Waals surface area contributed by atoms with E-state index >= 15 is 0 Å². The lowest BCUT2D eigenvalue weighted by molar-refractivity contribution is -0.143. The van der Waals surface area contributed by atoms with Crippen LogP contribution in [0.1, 0.15) is 44.4 Å². The molecule has 3 rings (SSSR count). The number of esters is 1. The van der Waals surface area contributed by atoms with Gasteiger partial charge in [-0.05, 0) is 57.7 Å². The molecular formula is C22H30N2O4. The van der Waals surface area contributed by atoms with Gasteiger partial charge in [-0.2, -0.15) is 0 Å². The van der Waals surface area contributed by atoms with E-state index < -0.39 is 5.41 Å². The van der Waals surface area contributed by atoms with Gasteiger partial charge in [0.2, 0.25) is 5.88 Å². The number of benzene rings is 1. The van der Waals surface area contributed by atoms with Crippen LogP contribution in [0.5, 0.6) is 5.88 Å². The van der Waals surface area contributed by atoms with Crippen molar-refractivity contribution in [2.75, 3.05) is 13.2 Å². The van der Waals surface area contributed by atoms with Crippen molar-refractivity contribution in [3.05, 3.63) is 39.2 Å². The van der Waals surface area contributed by atoms with Crippen molar-refractivity contribution < 1.29 is 14.3 Å². The highest BCUT2D eigenvalue weighted by Crippen LogP contribution is 2.35. The summed E-state index contributed by atoms with van der Waals surface area (Å²) in [5.74, 6) is -0.0280. The van der Waals surface area contributed by atoms with E-state index in [0.29, 0.717) is 37.7 Å². The Morgan fingerprint density at radius 1 is 1.11 bits per heavy atom. The second-order valence-electron chi connectivity index (χ2n) is 8.45. The molecule has 0 bridgehead atoms. The van der Waals surface area contributed by atoms with Crippen LogP contribution in [0, 0.1) is 19.3 Å². The number of rotatable bonds is 3. The number of carbonyl (C=O) groups is 1. The highest BCUT2D eigenvalue weighted by molar-refractivity contribution is 5.82. The van der Waals surface area contributed by atoms with E-state index in [0.717, 1.165) is 28.7 Å². The predicted octanol–water partition coefficient (Wildman–Crippen LogP) is 3.48. The summed E-state index contributed by atoms with van der Waals surface area (Å²) in [7, 11) is 0. The number of ether oxygens (including phenoxy) is 2. The molecule has 0 N–H and O–H groups in total. The Labute approximate surface area is 166 Å².